The van der Waals surface area contributed by atoms with Gasteiger partial charge in [-0.3, -0.25) is 14.5 Å². The number of Topliss-reactive ketones (excluding diaryl/α,β-unsaturated/α-hetero) is 1. The quantitative estimate of drug-likeness (QED) is 0.208. The summed E-state index contributed by atoms with van der Waals surface area (Å²) in [6, 6.07) is 10.9. The summed E-state index contributed by atoms with van der Waals surface area (Å²) in [5, 5.41) is 11.6. The molecule has 1 aliphatic heterocycles. The zero-order valence-corrected chi connectivity index (χ0v) is 21.8. The first kappa shape index (κ1) is 25.9. The fourth-order valence-electron chi connectivity index (χ4n) is 4.26. The van der Waals surface area contributed by atoms with Crippen LogP contribution in [0.3, 0.4) is 0 Å². The molecule has 1 amide bonds. The number of esters is 1. The van der Waals surface area contributed by atoms with Crippen molar-refractivity contribution < 1.29 is 33.7 Å². The molecule has 192 valence electrons. The Labute approximate surface area is 217 Å². The highest BCUT2D eigenvalue weighted by atomic mass is 32.1. The number of methoxy groups -OCH3 is 2. The van der Waals surface area contributed by atoms with Crippen molar-refractivity contribution in [2.24, 2.45) is 0 Å². The minimum Gasteiger partial charge on any atom is -0.507 e. The van der Waals surface area contributed by atoms with E-state index in [1.165, 1.54) is 19.1 Å². The van der Waals surface area contributed by atoms with Crippen LogP contribution in [0.25, 0.3) is 5.76 Å². The Bertz CT molecular complexity index is 1430. The topological polar surface area (TPSA) is 115 Å². The van der Waals surface area contributed by atoms with Crippen LogP contribution in [0.15, 0.2) is 48.0 Å². The van der Waals surface area contributed by atoms with E-state index >= 15 is 0 Å². The number of aliphatic hydroxyl groups is 1. The lowest BCUT2D eigenvalue weighted by Gasteiger charge is -2.24. The van der Waals surface area contributed by atoms with Gasteiger partial charge in [-0.2, -0.15) is 0 Å². The van der Waals surface area contributed by atoms with E-state index in [1.54, 1.807) is 63.2 Å². The third-order valence-electron chi connectivity index (χ3n) is 6.02. The Balaban J connectivity index is 1.96. The van der Waals surface area contributed by atoms with E-state index in [0.717, 1.165) is 11.3 Å². The van der Waals surface area contributed by atoms with E-state index in [0.29, 0.717) is 33.9 Å². The zero-order chi connectivity index (χ0) is 26.9. The minimum atomic E-state index is -1.06. The summed E-state index contributed by atoms with van der Waals surface area (Å²) in [6.45, 7) is 5.26. The van der Waals surface area contributed by atoms with E-state index in [2.05, 4.69) is 4.98 Å². The number of anilines is 1. The van der Waals surface area contributed by atoms with E-state index in [-0.39, 0.29) is 27.9 Å². The maximum Gasteiger partial charge on any atom is 0.350 e. The molecule has 4 rings (SSSR count). The normalized spacial score (nSPS) is 16.7. The van der Waals surface area contributed by atoms with Gasteiger partial charge in [-0.25, -0.2) is 9.78 Å². The third-order valence-corrected chi connectivity index (χ3v) is 7.16. The lowest BCUT2D eigenvalue weighted by atomic mass is 9.93. The Morgan fingerprint density at radius 2 is 1.84 bits per heavy atom. The number of rotatable bonds is 7. The fraction of sp³-hybridized carbons (Fsp3) is 0.259. The van der Waals surface area contributed by atoms with Crippen LogP contribution in [0.1, 0.15) is 45.0 Å². The second-order valence-corrected chi connectivity index (χ2v) is 9.20. The Morgan fingerprint density at radius 3 is 2.49 bits per heavy atom. The number of carbonyl (C=O) groups excluding carboxylic acids is 3. The number of nitrogens with zero attached hydrogens (tertiary/aromatic N) is 2. The van der Waals surface area contributed by atoms with E-state index in [9.17, 15) is 19.5 Å². The summed E-state index contributed by atoms with van der Waals surface area (Å²) in [5.41, 5.74) is 1.75. The first-order valence-corrected chi connectivity index (χ1v) is 12.3. The molecule has 0 radical (unpaired) electrons. The van der Waals surface area contributed by atoms with Gasteiger partial charge in [0.15, 0.2) is 5.13 Å². The average Bonchev–Trinajstić information content (AvgIpc) is 3.40. The molecule has 1 N–H and O–H groups in total. The lowest BCUT2D eigenvalue weighted by molar-refractivity contribution is -0.132. The first-order chi connectivity index (χ1) is 17.7. The smallest absolute Gasteiger partial charge is 0.350 e. The number of hydrogen-bond donors (Lipinski definition) is 1. The van der Waals surface area contributed by atoms with Crippen LogP contribution in [0.4, 0.5) is 5.13 Å². The van der Waals surface area contributed by atoms with Gasteiger partial charge in [0.05, 0.1) is 32.1 Å². The van der Waals surface area contributed by atoms with Crippen molar-refractivity contribution >= 4 is 39.9 Å². The van der Waals surface area contributed by atoms with Gasteiger partial charge in [0, 0.05) is 11.1 Å². The number of aryl methyl sites for hydroxylation is 2. The predicted molar refractivity (Wildman–Crippen MR) is 138 cm³/mol. The molecule has 2 heterocycles. The van der Waals surface area contributed by atoms with Crippen molar-refractivity contribution in [2.45, 2.75) is 26.8 Å². The highest BCUT2D eigenvalue weighted by molar-refractivity contribution is 7.17. The molecule has 1 saturated heterocycles. The maximum absolute atomic E-state index is 13.5. The van der Waals surface area contributed by atoms with Gasteiger partial charge in [-0.15, -0.1) is 0 Å². The predicted octanol–water partition coefficient (Wildman–Crippen LogP) is 4.58. The molecule has 3 aromatic rings. The second-order valence-electron chi connectivity index (χ2n) is 8.22. The molecule has 1 aromatic heterocycles. The van der Waals surface area contributed by atoms with Crippen LogP contribution in [0.2, 0.25) is 0 Å². The van der Waals surface area contributed by atoms with Crippen LogP contribution < -0.4 is 14.4 Å². The molecule has 1 aliphatic rings. The molecule has 0 spiro atoms. The number of ketones is 1. The van der Waals surface area contributed by atoms with Crippen molar-refractivity contribution in [2.75, 3.05) is 25.7 Å². The Hall–Kier alpha value is -4.18. The molecule has 0 bridgehead atoms. The number of hydrogen-bond acceptors (Lipinski definition) is 9. The fourth-order valence-corrected chi connectivity index (χ4v) is 5.25. The molecular weight excluding hydrogens is 496 g/mol. The van der Waals surface area contributed by atoms with Crippen LogP contribution in [0, 0.1) is 13.8 Å². The summed E-state index contributed by atoms with van der Waals surface area (Å²) in [4.78, 5) is 45.2. The average molecular weight is 523 g/mol. The maximum atomic E-state index is 13.5. The molecule has 0 saturated carbocycles. The molecule has 2 aromatic carbocycles. The molecule has 0 aliphatic carbocycles. The van der Waals surface area contributed by atoms with Crippen molar-refractivity contribution in [1.29, 1.82) is 0 Å². The van der Waals surface area contributed by atoms with Crippen LogP contribution >= 0.6 is 11.3 Å². The lowest BCUT2D eigenvalue weighted by Crippen LogP contribution is -2.29. The summed E-state index contributed by atoms with van der Waals surface area (Å²) in [7, 11) is 3.01. The van der Waals surface area contributed by atoms with Gasteiger partial charge >= 0.3 is 11.9 Å². The number of aromatic nitrogens is 1. The third kappa shape index (κ3) is 4.55. The van der Waals surface area contributed by atoms with Crippen LogP contribution in [-0.4, -0.2) is 48.6 Å². The Morgan fingerprint density at radius 1 is 1.11 bits per heavy atom. The summed E-state index contributed by atoms with van der Waals surface area (Å²) in [6.07, 6.45) is 0. The summed E-state index contributed by atoms with van der Waals surface area (Å²) < 4.78 is 15.9. The summed E-state index contributed by atoms with van der Waals surface area (Å²) in [5.74, 6) is -1.67. The molecule has 1 fully saturated rings. The van der Waals surface area contributed by atoms with E-state index in [1.807, 2.05) is 0 Å². The van der Waals surface area contributed by atoms with Gasteiger partial charge in [-0.05, 0) is 50.6 Å². The zero-order valence-electron chi connectivity index (χ0n) is 21.0. The molecule has 37 heavy (non-hydrogen) atoms. The number of thiazole rings is 1. The van der Waals surface area contributed by atoms with Crippen molar-refractivity contribution in [3.05, 3.63) is 75.3 Å². The largest absolute Gasteiger partial charge is 0.507 e. The Kier molecular flexibility index (Phi) is 7.30. The monoisotopic (exact) mass is 522 g/mol. The number of aliphatic hydroxyl groups excluding tert-OH is 1. The molecule has 1 atom stereocenters. The number of para-hydroxylation sites is 1. The van der Waals surface area contributed by atoms with Gasteiger partial charge in [0.2, 0.25) is 0 Å². The van der Waals surface area contributed by atoms with E-state index < -0.39 is 23.7 Å². The first-order valence-electron chi connectivity index (χ1n) is 11.5. The summed E-state index contributed by atoms with van der Waals surface area (Å²) >= 11 is 0.946. The molecular formula is C27H26N2O7S. The molecule has 1 unspecified atom stereocenters. The van der Waals surface area contributed by atoms with Crippen LogP contribution in [-0.2, 0) is 14.3 Å². The molecule has 10 heteroatoms. The minimum absolute atomic E-state index is 0.117. The van der Waals surface area contributed by atoms with Crippen molar-refractivity contribution in [1.82, 2.24) is 4.98 Å². The van der Waals surface area contributed by atoms with Gasteiger partial charge in [0.25, 0.3) is 5.78 Å². The van der Waals surface area contributed by atoms with Gasteiger partial charge < -0.3 is 19.3 Å². The van der Waals surface area contributed by atoms with Crippen LogP contribution in [0.5, 0.6) is 11.5 Å². The number of amides is 1. The highest BCUT2D eigenvalue weighted by Gasteiger charge is 2.49. The molecule has 9 nitrogen and oxygen atoms in total. The number of carbonyl (C=O) groups is 3. The van der Waals surface area contributed by atoms with Gasteiger partial charge in [-0.1, -0.05) is 29.5 Å². The van der Waals surface area contributed by atoms with Gasteiger partial charge in [0.1, 0.15) is 28.2 Å². The van der Waals surface area contributed by atoms with Crippen molar-refractivity contribution in [3.8, 4) is 11.5 Å². The van der Waals surface area contributed by atoms with Crippen molar-refractivity contribution in [3.63, 3.8) is 0 Å². The second kappa shape index (κ2) is 10.4. The highest BCUT2D eigenvalue weighted by Crippen LogP contribution is 2.46. The SMILES string of the molecule is CCOC(=O)c1sc(N2C(=O)C(=O)C(=C(O)c3ccc(OC)cc3C)C2c2ccccc2OC)nc1C. The number of benzene rings is 2. The standard InChI is InChI=1S/C27H26N2O7S/c1-6-36-26(33)24-15(3)28-27(37-24)29-21(18-9-7-8-10-19(18)35-5)20(23(31)25(29)32)22(30)17-12-11-16(34-4)13-14(17)2/h7-13,21,30H,6H2,1-5H3. The number of ether oxygens (including phenoxy) is 3. The van der Waals surface area contributed by atoms with E-state index in [4.69, 9.17) is 14.2 Å².